The van der Waals surface area contributed by atoms with E-state index in [4.69, 9.17) is 0 Å². The Morgan fingerprint density at radius 1 is 1.33 bits per heavy atom. The van der Waals surface area contributed by atoms with Gasteiger partial charge in [0.05, 0.1) is 5.69 Å². The van der Waals surface area contributed by atoms with Crippen molar-refractivity contribution in [1.29, 1.82) is 0 Å². The van der Waals surface area contributed by atoms with Gasteiger partial charge in [-0.15, -0.1) is 22.7 Å². The molecule has 0 aliphatic carbocycles. The SMILES string of the molecule is CC(C)c1csc(NC(=O)NC(C(=O)O)c2cccs2)n1. The standard InChI is InChI=1S/C13H15N3O3S2/c1-7(2)8-6-21-13(14-8)16-12(19)15-10(11(17)18)9-4-3-5-20-9/h3-7,10H,1-2H3,(H,17,18)(H2,14,15,16,19). The first-order valence-electron chi connectivity index (χ1n) is 6.26. The number of urea groups is 1. The minimum atomic E-state index is -1.10. The third-order valence-electron chi connectivity index (χ3n) is 2.68. The third-order valence-corrected chi connectivity index (χ3v) is 4.40. The van der Waals surface area contributed by atoms with Crippen LogP contribution in [-0.4, -0.2) is 22.1 Å². The zero-order valence-corrected chi connectivity index (χ0v) is 13.1. The molecule has 2 aromatic rings. The quantitative estimate of drug-likeness (QED) is 0.787. The maximum absolute atomic E-state index is 11.9. The molecule has 1 atom stereocenters. The first-order chi connectivity index (χ1) is 9.97. The van der Waals surface area contributed by atoms with Crippen LogP contribution in [0.3, 0.4) is 0 Å². The average Bonchev–Trinajstić information content (AvgIpc) is 3.06. The van der Waals surface area contributed by atoms with Crippen LogP contribution < -0.4 is 10.6 Å². The van der Waals surface area contributed by atoms with Gasteiger partial charge in [-0.1, -0.05) is 19.9 Å². The van der Waals surface area contributed by atoms with Crippen LogP contribution in [0.5, 0.6) is 0 Å². The summed E-state index contributed by atoms with van der Waals surface area (Å²) in [7, 11) is 0. The molecule has 8 heteroatoms. The molecule has 2 rings (SSSR count). The Morgan fingerprint density at radius 2 is 2.10 bits per heavy atom. The lowest BCUT2D eigenvalue weighted by molar-refractivity contribution is -0.139. The van der Waals surface area contributed by atoms with Gasteiger partial charge in [-0.05, 0) is 17.4 Å². The highest BCUT2D eigenvalue weighted by atomic mass is 32.1. The Kier molecular flexibility index (Phi) is 4.92. The van der Waals surface area contributed by atoms with Crippen LogP contribution in [0.1, 0.15) is 36.4 Å². The number of aromatic nitrogens is 1. The van der Waals surface area contributed by atoms with Gasteiger partial charge in [-0.25, -0.2) is 14.6 Å². The molecule has 0 saturated heterocycles. The number of thiophene rings is 1. The van der Waals surface area contributed by atoms with E-state index in [2.05, 4.69) is 15.6 Å². The number of nitrogens with zero attached hydrogens (tertiary/aromatic N) is 1. The Bertz CT molecular complexity index is 622. The number of carbonyl (C=O) groups excluding carboxylic acids is 1. The molecule has 112 valence electrons. The fourth-order valence-corrected chi connectivity index (χ4v) is 3.22. The van der Waals surface area contributed by atoms with Gasteiger partial charge in [0.25, 0.3) is 0 Å². The van der Waals surface area contributed by atoms with Crippen molar-refractivity contribution in [3.05, 3.63) is 33.5 Å². The zero-order chi connectivity index (χ0) is 15.4. The minimum absolute atomic E-state index is 0.276. The summed E-state index contributed by atoms with van der Waals surface area (Å²) in [6.45, 7) is 4.02. The highest BCUT2D eigenvalue weighted by Gasteiger charge is 2.23. The molecule has 1 unspecified atom stereocenters. The summed E-state index contributed by atoms with van der Waals surface area (Å²) in [5.41, 5.74) is 0.892. The maximum Gasteiger partial charge on any atom is 0.331 e. The largest absolute Gasteiger partial charge is 0.479 e. The highest BCUT2D eigenvalue weighted by molar-refractivity contribution is 7.14. The Morgan fingerprint density at radius 3 is 2.62 bits per heavy atom. The smallest absolute Gasteiger partial charge is 0.331 e. The molecule has 0 radical (unpaired) electrons. The normalized spacial score (nSPS) is 12.1. The molecule has 2 amide bonds. The number of aliphatic carboxylic acids is 1. The molecule has 0 saturated carbocycles. The van der Waals surface area contributed by atoms with Gasteiger partial charge in [0.1, 0.15) is 0 Å². The number of carboxylic acid groups (broad SMARTS) is 1. The average molecular weight is 325 g/mol. The second-order valence-corrected chi connectivity index (χ2v) is 6.45. The number of thiazole rings is 1. The number of amides is 2. The van der Waals surface area contributed by atoms with E-state index in [9.17, 15) is 14.7 Å². The van der Waals surface area contributed by atoms with Gasteiger partial charge < -0.3 is 10.4 Å². The fourth-order valence-electron chi connectivity index (χ4n) is 1.58. The lowest BCUT2D eigenvalue weighted by Gasteiger charge is -2.12. The molecule has 0 bridgehead atoms. The van der Waals surface area contributed by atoms with E-state index in [1.54, 1.807) is 17.5 Å². The first kappa shape index (κ1) is 15.5. The third kappa shape index (κ3) is 4.02. The predicted octanol–water partition coefficient (Wildman–Crippen LogP) is 3.28. The maximum atomic E-state index is 11.9. The number of hydrogen-bond donors (Lipinski definition) is 3. The van der Waals surface area contributed by atoms with Gasteiger partial charge in [-0.2, -0.15) is 0 Å². The molecule has 2 heterocycles. The van der Waals surface area contributed by atoms with E-state index in [1.807, 2.05) is 19.2 Å². The molecule has 3 N–H and O–H groups in total. The summed E-state index contributed by atoms with van der Waals surface area (Å²) < 4.78 is 0. The van der Waals surface area contributed by atoms with Gasteiger partial charge >= 0.3 is 12.0 Å². The summed E-state index contributed by atoms with van der Waals surface area (Å²) in [6, 6.07) is 1.77. The van der Waals surface area contributed by atoms with Crippen molar-refractivity contribution in [2.45, 2.75) is 25.8 Å². The molecule has 0 aliphatic heterocycles. The number of rotatable bonds is 5. The molecular weight excluding hydrogens is 310 g/mol. The molecule has 21 heavy (non-hydrogen) atoms. The van der Waals surface area contributed by atoms with Gasteiger partial charge in [0, 0.05) is 10.3 Å². The summed E-state index contributed by atoms with van der Waals surface area (Å²) in [4.78, 5) is 28.0. The predicted molar refractivity (Wildman–Crippen MR) is 83.1 cm³/mol. The molecule has 0 fully saturated rings. The number of carbonyl (C=O) groups is 2. The second kappa shape index (κ2) is 6.68. The van der Waals surface area contributed by atoms with E-state index in [0.717, 1.165) is 5.69 Å². The minimum Gasteiger partial charge on any atom is -0.479 e. The van der Waals surface area contributed by atoms with Crippen molar-refractivity contribution in [3.8, 4) is 0 Å². The van der Waals surface area contributed by atoms with Gasteiger partial charge in [0.2, 0.25) is 0 Å². The van der Waals surface area contributed by atoms with E-state index in [0.29, 0.717) is 10.0 Å². The molecule has 6 nitrogen and oxygen atoms in total. The number of anilines is 1. The lowest BCUT2D eigenvalue weighted by Crippen LogP contribution is -2.36. The van der Waals surface area contributed by atoms with Crippen LogP contribution in [0.25, 0.3) is 0 Å². The van der Waals surface area contributed by atoms with Crippen molar-refractivity contribution < 1.29 is 14.7 Å². The molecule has 2 aromatic heterocycles. The van der Waals surface area contributed by atoms with Crippen LogP contribution in [0.2, 0.25) is 0 Å². The van der Waals surface area contributed by atoms with Crippen LogP contribution in [0.15, 0.2) is 22.9 Å². The number of nitrogens with one attached hydrogen (secondary N) is 2. The van der Waals surface area contributed by atoms with E-state index >= 15 is 0 Å². The van der Waals surface area contributed by atoms with E-state index in [1.165, 1.54) is 22.7 Å². The topological polar surface area (TPSA) is 91.3 Å². The first-order valence-corrected chi connectivity index (χ1v) is 8.02. The van der Waals surface area contributed by atoms with Crippen LogP contribution in [0.4, 0.5) is 9.93 Å². The molecule has 0 aliphatic rings. The van der Waals surface area contributed by atoms with Crippen molar-refractivity contribution >= 4 is 39.8 Å². The van der Waals surface area contributed by atoms with Crippen molar-refractivity contribution in [1.82, 2.24) is 10.3 Å². The number of carboxylic acids is 1. The second-order valence-electron chi connectivity index (χ2n) is 4.62. The summed E-state index contributed by atoms with van der Waals surface area (Å²) >= 11 is 2.59. The van der Waals surface area contributed by atoms with Crippen molar-refractivity contribution in [2.75, 3.05) is 5.32 Å². The van der Waals surface area contributed by atoms with E-state index in [-0.39, 0.29) is 5.92 Å². The van der Waals surface area contributed by atoms with Gasteiger partial charge in [-0.3, -0.25) is 5.32 Å². The lowest BCUT2D eigenvalue weighted by atomic mass is 10.2. The van der Waals surface area contributed by atoms with Crippen LogP contribution in [0, 0.1) is 0 Å². The Labute approximate surface area is 129 Å². The molecule has 0 spiro atoms. The zero-order valence-electron chi connectivity index (χ0n) is 11.5. The summed E-state index contributed by atoms with van der Waals surface area (Å²) in [6.07, 6.45) is 0. The van der Waals surface area contributed by atoms with Crippen molar-refractivity contribution in [2.24, 2.45) is 0 Å². The van der Waals surface area contributed by atoms with Crippen LogP contribution >= 0.6 is 22.7 Å². The summed E-state index contributed by atoms with van der Waals surface area (Å²) in [5, 5.41) is 18.3. The summed E-state index contributed by atoms with van der Waals surface area (Å²) in [5.74, 6) is -0.827. The highest BCUT2D eigenvalue weighted by Crippen LogP contribution is 2.22. The van der Waals surface area contributed by atoms with Gasteiger partial charge in [0.15, 0.2) is 11.2 Å². The fraction of sp³-hybridized carbons (Fsp3) is 0.308. The molecule has 0 aromatic carbocycles. The van der Waals surface area contributed by atoms with Crippen molar-refractivity contribution in [3.63, 3.8) is 0 Å². The molecular formula is C13H15N3O3S2. The van der Waals surface area contributed by atoms with Crippen LogP contribution in [-0.2, 0) is 4.79 Å². The Balaban J connectivity index is 2.01. The Hall–Kier alpha value is -1.93. The van der Waals surface area contributed by atoms with E-state index < -0.39 is 18.0 Å². The number of hydrogen-bond acceptors (Lipinski definition) is 5. The monoisotopic (exact) mass is 325 g/mol.